The van der Waals surface area contributed by atoms with Crippen LogP contribution < -0.4 is 5.32 Å². The molecule has 0 spiro atoms. The van der Waals surface area contributed by atoms with Crippen molar-refractivity contribution in [3.05, 3.63) is 29.1 Å². The Kier molecular flexibility index (Phi) is 5.70. The summed E-state index contributed by atoms with van der Waals surface area (Å²) in [6.45, 7) is 9.21. The first-order valence-electron chi connectivity index (χ1n) is 7.64. The number of aryl methyl sites for hydroxylation is 2. The van der Waals surface area contributed by atoms with E-state index in [0.717, 1.165) is 43.9 Å². The van der Waals surface area contributed by atoms with Gasteiger partial charge in [-0.2, -0.15) is 0 Å². The molecule has 0 aromatic carbocycles. The zero-order chi connectivity index (χ0) is 15.2. The van der Waals surface area contributed by atoms with Gasteiger partial charge in [0.05, 0.1) is 6.54 Å². The molecule has 0 atom stereocenters. The van der Waals surface area contributed by atoms with E-state index in [-0.39, 0.29) is 5.91 Å². The third-order valence-corrected chi connectivity index (χ3v) is 4.01. The van der Waals surface area contributed by atoms with Crippen molar-refractivity contribution in [1.82, 2.24) is 20.1 Å². The van der Waals surface area contributed by atoms with Crippen molar-refractivity contribution in [2.75, 3.05) is 39.8 Å². The lowest BCUT2D eigenvalue weighted by molar-refractivity contribution is -0.122. The summed E-state index contributed by atoms with van der Waals surface area (Å²) < 4.78 is 0. The fourth-order valence-corrected chi connectivity index (χ4v) is 2.62. The van der Waals surface area contributed by atoms with Crippen molar-refractivity contribution in [3.8, 4) is 0 Å². The van der Waals surface area contributed by atoms with E-state index in [1.165, 1.54) is 5.56 Å². The molecular formula is C16H26N4O. The van der Waals surface area contributed by atoms with Crippen LogP contribution in [0.2, 0.25) is 0 Å². The minimum absolute atomic E-state index is 0.0968. The fraction of sp³-hybridized carbons (Fsp3) is 0.625. The maximum Gasteiger partial charge on any atom is 0.234 e. The fourth-order valence-electron chi connectivity index (χ4n) is 2.62. The molecule has 1 aliphatic heterocycles. The SMILES string of the molecule is Cc1cc(C)c(CNC(=O)CN2CCCN(C)CC2)cn1. The van der Waals surface area contributed by atoms with Gasteiger partial charge in [0, 0.05) is 31.5 Å². The van der Waals surface area contributed by atoms with Gasteiger partial charge >= 0.3 is 0 Å². The van der Waals surface area contributed by atoms with Crippen molar-refractivity contribution in [2.45, 2.75) is 26.8 Å². The van der Waals surface area contributed by atoms with Gasteiger partial charge < -0.3 is 10.2 Å². The van der Waals surface area contributed by atoms with Crippen LogP contribution in [-0.2, 0) is 11.3 Å². The van der Waals surface area contributed by atoms with E-state index >= 15 is 0 Å². The maximum absolute atomic E-state index is 12.1. The minimum Gasteiger partial charge on any atom is -0.351 e. The average molecular weight is 290 g/mol. The monoisotopic (exact) mass is 290 g/mol. The highest BCUT2D eigenvalue weighted by Crippen LogP contribution is 2.07. The summed E-state index contributed by atoms with van der Waals surface area (Å²) in [7, 11) is 2.14. The molecule has 1 aromatic rings. The Bertz CT molecular complexity index is 489. The highest BCUT2D eigenvalue weighted by molar-refractivity contribution is 5.78. The van der Waals surface area contributed by atoms with Crippen molar-refractivity contribution in [3.63, 3.8) is 0 Å². The summed E-state index contributed by atoms with van der Waals surface area (Å²) in [5.74, 6) is 0.0968. The molecule has 0 saturated carbocycles. The molecule has 1 saturated heterocycles. The molecular weight excluding hydrogens is 264 g/mol. The molecule has 1 N–H and O–H groups in total. The van der Waals surface area contributed by atoms with E-state index in [0.29, 0.717) is 13.1 Å². The summed E-state index contributed by atoms with van der Waals surface area (Å²) in [5, 5.41) is 3.00. The van der Waals surface area contributed by atoms with E-state index in [9.17, 15) is 4.79 Å². The maximum atomic E-state index is 12.1. The Morgan fingerprint density at radius 2 is 2.10 bits per heavy atom. The van der Waals surface area contributed by atoms with Crippen LogP contribution >= 0.6 is 0 Å². The largest absolute Gasteiger partial charge is 0.351 e. The lowest BCUT2D eigenvalue weighted by Crippen LogP contribution is -2.38. The molecule has 5 nitrogen and oxygen atoms in total. The second-order valence-electron chi connectivity index (χ2n) is 5.96. The Morgan fingerprint density at radius 1 is 1.29 bits per heavy atom. The Balaban J connectivity index is 1.79. The molecule has 0 radical (unpaired) electrons. The number of carbonyl (C=O) groups is 1. The van der Waals surface area contributed by atoms with E-state index in [1.807, 2.05) is 19.2 Å². The predicted molar refractivity (Wildman–Crippen MR) is 84.1 cm³/mol. The van der Waals surface area contributed by atoms with Crippen LogP contribution in [0.15, 0.2) is 12.3 Å². The number of rotatable bonds is 4. The van der Waals surface area contributed by atoms with Gasteiger partial charge in [-0.1, -0.05) is 0 Å². The number of hydrogen-bond acceptors (Lipinski definition) is 4. The zero-order valence-electron chi connectivity index (χ0n) is 13.4. The zero-order valence-corrected chi connectivity index (χ0v) is 13.4. The third-order valence-electron chi connectivity index (χ3n) is 4.01. The summed E-state index contributed by atoms with van der Waals surface area (Å²) in [5.41, 5.74) is 3.28. The topological polar surface area (TPSA) is 48.5 Å². The van der Waals surface area contributed by atoms with E-state index < -0.39 is 0 Å². The van der Waals surface area contributed by atoms with Crippen LogP contribution in [0.25, 0.3) is 0 Å². The van der Waals surface area contributed by atoms with Crippen LogP contribution in [0.3, 0.4) is 0 Å². The molecule has 1 aromatic heterocycles. The first-order valence-corrected chi connectivity index (χ1v) is 7.64. The molecule has 0 bridgehead atoms. The normalized spacial score (nSPS) is 17.5. The predicted octanol–water partition coefficient (Wildman–Crippen LogP) is 0.952. The number of aromatic nitrogens is 1. The molecule has 116 valence electrons. The standard InChI is InChI=1S/C16H26N4O/c1-13-9-14(2)17-10-15(13)11-18-16(21)12-20-6-4-5-19(3)7-8-20/h9-10H,4-8,11-12H2,1-3H3,(H,18,21). The van der Waals surface area contributed by atoms with E-state index in [2.05, 4.69) is 34.1 Å². The first-order chi connectivity index (χ1) is 10.0. The van der Waals surface area contributed by atoms with Gasteiger partial charge in [0.25, 0.3) is 0 Å². The number of carbonyl (C=O) groups excluding carboxylic acids is 1. The summed E-state index contributed by atoms with van der Waals surface area (Å²) in [6, 6.07) is 2.05. The van der Waals surface area contributed by atoms with Crippen LogP contribution in [0.4, 0.5) is 0 Å². The molecule has 0 aliphatic carbocycles. The number of nitrogens with one attached hydrogen (secondary N) is 1. The van der Waals surface area contributed by atoms with Crippen LogP contribution in [0.1, 0.15) is 23.2 Å². The number of amides is 1. The first kappa shape index (κ1) is 15.9. The second kappa shape index (κ2) is 7.52. The highest BCUT2D eigenvalue weighted by atomic mass is 16.2. The second-order valence-corrected chi connectivity index (χ2v) is 5.96. The Labute approximate surface area is 127 Å². The lowest BCUT2D eigenvalue weighted by Gasteiger charge is -2.19. The number of hydrogen-bond donors (Lipinski definition) is 1. The molecule has 5 heteroatoms. The smallest absolute Gasteiger partial charge is 0.234 e. The lowest BCUT2D eigenvalue weighted by atomic mass is 10.1. The van der Waals surface area contributed by atoms with Gasteiger partial charge in [-0.25, -0.2) is 0 Å². The molecule has 1 amide bonds. The molecule has 2 rings (SSSR count). The van der Waals surface area contributed by atoms with Gasteiger partial charge in [-0.05, 0) is 57.6 Å². The van der Waals surface area contributed by atoms with E-state index in [4.69, 9.17) is 0 Å². The quantitative estimate of drug-likeness (QED) is 0.897. The summed E-state index contributed by atoms with van der Waals surface area (Å²) in [4.78, 5) is 20.9. The Morgan fingerprint density at radius 3 is 2.86 bits per heavy atom. The van der Waals surface area contributed by atoms with Crippen LogP contribution in [-0.4, -0.2) is 60.5 Å². The van der Waals surface area contributed by atoms with Crippen molar-refractivity contribution >= 4 is 5.91 Å². The molecule has 21 heavy (non-hydrogen) atoms. The van der Waals surface area contributed by atoms with Gasteiger partial charge in [0.15, 0.2) is 0 Å². The highest BCUT2D eigenvalue weighted by Gasteiger charge is 2.14. The van der Waals surface area contributed by atoms with Gasteiger partial charge in [0.1, 0.15) is 0 Å². The summed E-state index contributed by atoms with van der Waals surface area (Å²) >= 11 is 0. The van der Waals surface area contributed by atoms with Crippen LogP contribution in [0.5, 0.6) is 0 Å². The minimum atomic E-state index is 0.0968. The number of nitrogens with zero attached hydrogens (tertiary/aromatic N) is 3. The van der Waals surface area contributed by atoms with Gasteiger partial charge in [0.2, 0.25) is 5.91 Å². The van der Waals surface area contributed by atoms with E-state index in [1.54, 1.807) is 0 Å². The van der Waals surface area contributed by atoms with Gasteiger partial charge in [-0.15, -0.1) is 0 Å². The summed E-state index contributed by atoms with van der Waals surface area (Å²) in [6.07, 6.45) is 2.98. The number of likely N-dealkylation sites (N-methyl/N-ethyl adjacent to an activating group) is 1. The average Bonchev–Trinajstić information content (AvgIpc) is 2.63. The third kappa shape index (κ3) is 5.10. The Hall–Kier alpha value is -1.46. The van der Waals surface area contributed by atoms with Gasteiger partial charge in [-0.3, -0.25) is 14.7 Å². The van der Waals surface area contributed by atoms with Crippen molar-refractivity contribution < 1.29 is 4.79 Å². The van der Waals surface area contributed by atoms with Crippen molar-refractivity contribution in [2.24, 2.45) is 0 Å². The molecule has 1 fully saturated rings. The van der Waals surface area contributed by atoms with Crippen LogP contribution in [0, 0.1) is 13.8 Å². The number of pyridine rings is 1. The molecule has 1 aliphatic rings. The van der Waals surface area contributed by atoms with Crippen molar-refractivity contribution in [1.29, 1.82) is 0 Å². The molecule has 2 heterocycles. The molecule has 0 unspecified atom stereocenters.